The molecule has 2 rings (SSSR count). The van der Waals surface area contributed by atoms with Gasteiger partial charge in [-0.05, 0) is 38.2 Å². The summed E-state index contributed by atoms with van der Waals surface area (Å²) in [7, 11) is 7.49. The Balaban J connectivity index is 2.10. The summed E-state index contributed by atoms with van der Waals surface area (Å²) in [6, 6.07) is 5.92. The third-order valence-electron chi connectivity index (χ3n) is 4.23. The van der Waals surface area contributed by atoms with E-state index in [4.69, 9.17) is 9.47 Å². The second-order valence-corrected chi connectivity index (χ2v) is 5.79. The molecule has 1 heterocycles. The maximum atomic E-state index is 10.6. The largest absolute Gasteiger partial charge is 0.497 e. The number of hydrogen-bond donors (Lipinski definition) is 1. The third kappa shape index (κ3) is 4.09. The number of rotatable bonds is 5. The zero-order chi connectivity index (χ0) is 15.4. The SMILES string of the molecule is COc1cc(OC)cc(C(O)CC2CN(C)CCN2C)c1. The van der Waals surface area contributed by atoms with Gasteiger partial charge in [0.05, 0.1) is 20.3 Å². The van der Waals surface area contributed by atoms with Crippen molar-refractivity contribution in [3.8, 4) is 11.5 Å². The van der Waals surface area contributed by atoms with Crippen LogP contribution in [0.3, 0.4) is 0 Å². The van der Waals surface area contributed by atoms with Gasteiger partial charge in [0.2, 0.25) is 0 Å². The first kappa shape index (κ1) is 16.1. The fourth-order valence-corrected chi connectivity index (χ4v) is 2.77. The molecule has 118 valence electrons. The van der Waals surface area contributed by atoms with Gasteiger partial charge in [-0.3, -0.25) is 0 Å². The van der Waals surface area contributed by atoms with Crippen LogP contribution in [0, 0.1) is 0 Å². The van der Waals surface area contributed by atoms with Gasteiger partial charge in [-0.15, -0.1) is 0 Å². The number of nitrogens with zero attached hydrogens (tertiary/aromatic N) is 2. The van der Waals surface area contributed by atoms with E-state index in [1.165, 1.54) is 0 Å². The number of ether oxygens (including phenoxy) is 2. The lowest BCUT2D eigenvalue weighted by atomic mass is 9.99. The molecule has 0 aliphatic carbocycles. The zero-order valence-electron chi connectivity index (χ0n) is 13.4. The van der Waals surface area contributed by atoms with Crippen molar-refractivity contribution in [3.05, 3.63) is 23.8 Å². The summed E-state index contributed by atoms with van der Waals surface area (Å²) >= 11 is 0. The van der Waals surface area contributed by atoms with E-state index in [1.807, 2.05) is 18.2 Å². The fraction of sp³-hybridized carbons (Fsp3) is 0.625. The molecule has 5 nitrogen and oxygen atoms in total. The van der Waals surface area contributed by atoms with Gasteiger partial charge in [0, 0.05) is 31.7 Å². The van der Waals surface area contributed by atoms with E-state index >= 15 is 0 Å². The Morgan fingerprint density at radius 3 is 2.33 bits per heavy atom. The van der Waals surface area contributed by atoms with E-state index in [0.717, 1.165) is 25.2 Å². The van der Waals surface area contributed by atoms with Crippen LogP contribution in [0.25, 0.3) is 0 Å². The van der Waals surface area contributed by atoms with Gasteiger partial charge < -0.3 is 24.4 Å². The Morgan fingerprint density at radius 2 is 1.76 bits per heavy atom. The fourth-order valence-electron chi connectivity index (χ4n) is 2.77. The Bertz CT molecular complexity index is 445. The Labute approximate surface area is 127 Å². The molecular weight excluding hydrogens is 268 g/mol. The molecule has 1 aromatic rings. The number of benzene rings is 1. The molecule has 1 aromatic carbocycles. The van der Waals surface area contributed by atoms with Crippen LogP contribution in [0.1, 0.15) is 18.1 Å². The van der Waals surface area contributed by atoms with Crippen LogP contribution >= 0.6 is 0 Å². The van der Waals surface area contributed by atoms with E-state index in [9.17, 15) is 5.11 Å². The Hall–Kier alpha value is -1.30. The summed E-state index contributed by atoms with van der Waals surface area (Å²) in [5.41, 5.74) is 0.841. The number of piperazine rings is 1. The van der Waals surface area contributed by atoms with Gasteiger partial charge in [-0.25, -0.2) is 0 Å². The highest BCUT2D eigenvalue weighted by Crippen LogP contribution is 2.29. The minimum atomic E-state index is -0.520. The molecule has 1 fully saturated rings. The molecule has 0 radical (unpaired) electrons. The van der Waals surface area contributed by atoms with E-state index in [0.29, 0.717) is 24.0 Å². The van der Waals surface area contributed by atoms with Crippen molar-refractivity contribution in [2.75, 3.05) is 47.9 Å². The van der Waals surface area contributed by atoms with Crippen LogP contribution in [-0.4, -0.2) is 68.9 Å². The second kappa shape index (κ2) is 7.11. The molecule has 0 aromatic heterocycles. The van der Waals surface area contributed by atoms with E-state index < -0.39 is 6.10 Å². The lowest BCUT2D eigenvalue weighted by molar-refractivity contribution is 0.0633. The van der Waals surface area contributed by atoms with Gasteiger partial charge in [0.1, 0.15) is 11.5 Å². The molecule has 0 spiro atoms. The molecule has 1 aliphatic heterocycles. The molecule has 2 atom stereocenters. The lowest BCUT2D eigenvalue weighted by Crippen LogP contribution is -2.50. The molecule has 2 unspecified atom stereocenters. The molecule has 21 heavy (non-hydrogen) atoms. The predicted octanol–water partition coefficient (Wildman–Crippen LogP) is 1.37. The zero-order valence-corrected chi connectivity index (χ0v) is 13.4. The minimum absolute atomic E-state index is 0.357. The summed E-state index contributed by atoms with van der Waals surface area (Å²) in [5, 5.41) is 10.6. The first-order valence-electron chi connectivity index (χ1n) is 7.33. The topological polar surface area (TPSA) is 45.2 Å². The summed E-state index contributed by atoms with van der Waals surface area (Å²) in [6.07, 6.45) is 0.185. The monoisotopic (exact) mass is 294 g/mol. The molecule has 1 aliphatic rings. The molecule has 0 amide bonds. The van der Waals surface area contributed by atoms with Gasteiger partial charge in [0.25, 0.3) is 0 Å². The average molecular weight is 294 g/mol. The first-order valence-corrected chi connectivity index (χ1v) is 7.33. The van der Waals surface area contributed by atoms with Crippen LogP contribution < -0.4 is 9.47 Å². The second-order valence-electron chi connectivity index (χ2n) is 5.79. The standard InChI is InChI=1S/C16H26N2O3/c1-17-5-6-18(2)13(11-17)9-16(19)12-7-14(20-3)10-15(8-12)21-4/h7-8,10,13,16,19H,5-6,9,11H2,1-4H3. The summed E-state index contributed by atoms with van der Waals surface area (Å²) in [5.74, 6) is 1.41. The highest BCUT2D eigenvalue weighted by atomic mass is 16.5. The van der Waals surface area contributed by atoms with Gasteiger partial charge in [0.15, 0.2) is 0 Å². The molecule has 0 bridgehead atoms. The lowest BCUT2D eigenvalue weighted by Gasteiger charge is -2.38. The van der Waals surface area contributed by atoms with Crippen LogP contribution in [0.2, 0.25) is 0 Å². The normalized spacial score (nSPS) is 22.0. The van der Waals surface area contributed by atoms with Crippen molar-refractivity contribution in [1.82, 2.24) is 9.80 Å². The number of aliphatic hydroxyl groups is 1. The highest BCUT2D eigenvalue weighted by Gasteiger charge is 2.25. The first-order chi connectivity index (χ1) is 10.0. The predicted molar refractivity (Wildman–Crippen MR) is 83.0 cm³/mol. The molecule has 0 saturated carbocycles. The number of likely N-dealkylation sites (N-methyl/N-ethyl adjacent to an activating group) is 2. The van der Waals surface area contributed by atoms with Crippen molar-refractivity contribution in [3.63, 3.8) is 0 Å². The van der Waals surface area contributed by atoms with Crippen LogP contribution in [-0.2, 0) is 0 Å². The number of methoxy groups -OCH3 is 2. The maximum Gasteiger partial charge on any atom is 0.122 e. The van der Waals surface area contributed by atoms with Crippen molar-refractivity contribution in [2.24, 2.45) is 0 Å². The Morgan fingerprint density at radius 1 is 1.14 bits per heavy atom. The van der Waals surface area contributed by atoms with Gasteiger partial charge in [-0.1, -0.05) is 0 Å². The summed E-state index contributed by atoms with van der Waals surface area (Å²) in [4.78, 5) is 4.63. The smallest absolute Gasteiger partial charge is 0.122 e. The molecule has 1 N–H and O–H groups in total. The van der Waals surface area contributed by atoms with E-state index in [2.05, 4.69) is 23.9 Å². The van der Waals surface area contributed by atoms with E-state index in [1.54, 1.807) is 14.2 Å². The molecular formula is C16H26N2O3. The van der Waals surface area contributed by atoms with Crippen molar-refractivity contribution >= 4 is 0 Å². The molecule has 5 heteroatoms. The summed E-state index contributed by atoms with van der Waals surface area (Å²) < 4.78 is 10.5. The van der Waals surface area contributed by atoms with Gasteiger partial charge in [-0.2, -0.15) is 0 Å². The third-order valence-corrected chi connectivity index (χ3v) is 4.23. The maximum absolute atomic E-state index is 10.6. The number of aliphatic hydroxyl groups excluding tert-OH is 1. The molecule has 1 saturated heterocycles. The minimum Gasteiger partial charge on any atom is -0.497 e. The average Bonchev–Trinajstić information content (AvgIpc) is 2.50. The van der Waals surface area contributed by atoms with Gasteiger partial charge >= 0.3 is 0 Å². The number of hydrogen-bond acceptors (Lipinski definition) is 5. The van der Waals surface area contributed by atoms with Crippen LogP contribution in [0.4, 0.5) is 0 Å². The van der Waals surface area contributed by atoms with Crippen LogP contribution in [0.15, 0.2) is 18.2 Å². The Kier molecular flexibility index (Phi) is 5.45. The quantitative estimate of drug-likeness (QED) is 0.889. The van der Waals surface area contributed by atoms with Crippen molar-refractivity contribution in [1.29, 1.82) is 0 Å². The van der Waals surface area contributed by atoms with E-state index in [-0.39, 0.29) is 0 Å². The van der Waals surface area contributed by atoms with Crippen LogP contribution in [0.5, 0.6) is 11.5 Å². The highest BCUT2D eigenvalue weighted by molar-refractivity contribution is 5.39. The van der Waals surface area contributed by atoms with Crippen molar-refractivity contribution < 1.29 is 14.6 Å². The summed E-state index contributed by atoms with van der Waals surface area (Å²) in [6.45, 7) is 3.10. The van der Waals surface area contributed by atoms with Crippen molar-refractivity contribution in [2.45, 2.75) is 18.6 Å².